The first-order chi connectivity index (χ1) is 14.7. The molecular weight excluding hydrogens is 422 g/mol. The molecule has 0 bridgehead atoms. The molecule has 2 N–H and O–H groups in total. The number of hydrogen-bond acceptors (Lipinski definition) is 7. The second-order valence-electron chi connectivity index (χ2n) is 7.67. The Hall–Kier alpha value is -1.91. The van der Waals surface area contributed by atoms with E-state index >= 15 is 0 Å². The summed E-state index contributed by atoms with van der Waals surface area (Å²) in [5.74, 6) is 0.558. The van der Waals surface area contributed by atoms with Gasteiger partial charge in [0.2, 0.25) is 5.91 Å². The number of aromatic nitrogens is 3. The van der Waals surface area contributed by atoms with E-state index in [1.165, 1.54) is 18.2 Å². The minimum Gasteiger partial charge on any atom is -0.376 e. The molecule has 1 atom stereocenters. The van der Waals surface area contributed by atoms with Crippen molar-refractivity contribution >= 4 is 35.0 Å². The molecular formula is C20H27N5O3S2. The van der Waals surface area contributed by atoms with E-state index in [1.807, 2.05) is 22.1 Å². The minimum atomic E-state index is -0.410. The number of ether oxygens (including phenoxy) is 1. The molecule has 0 radical (unpaired) electrons. The van der Waals surface area contributed by atoms with Gasteiger partial charge in [-0.05, 0) is 37.1 Å². The molecule has 1 saturated carbocycles. The quantitative estimate of drug-likeness (QED) is 0.629. The van der Waals surface area contributed by atoms with Crippen LogP contribution in [0.5, 0.6) is 0 Å². The third-order valence-corrected chi connectivity index (χ3v) is 7.23. The highest BCUT2D eigenvalue weighted by atomic mass is 32.2. The van der Waals surface area contributed by atoms with Gasteiger partial charge in [-0.25, -0.2) is 4.79 Å². The van der Waals surface area contributed by atoms with Crippen molar-refractivity contribution in [2.24, 2.45) is 0 Å². The molecule has 30 heavy (non-hydrogen) atoms. The molecule has 2 aliphatic rings. The van der Waals surface area contributed by atoms with Crippen molar-refractivity contribution in [3.63, 3.8) is 0 Å². The van der Waals surface area contributed by atoms with Gasteiger partial charge in [0.05, 0.1) is 23.3 Å². The van der Waals surface area contributed by atoms with Crippen LogP contribution < -0.4 is 10.6 Å². The van der Waals surface area contributed by atoms with Crippen molar-refractivity contribution in [3.8, 4) is 10.7 Å². The first kappa shape index (κ1) is 21.3. The van der Waals surface area contributed by atoms with Crippen molar-refractivity contribution in [1.29, 1.82) is 0 Å². The van der Waals surface area contributed by atoms with Gasteiger partial charge in [0.1, 0.15) is 0 Å². The van der Waals surface area contributed by atoms with Crippen molar-refractivity contribution in [3.05, 3.63) is 17.5 Å². The van der Waals surface area contributed by atoms with Crippen LogP contribution in [0.2, 0.25) is 0 Å². The number of amides is 3. The summed E-state index contributed by atoms with van der Waals surface area (Å²) in [7, 11) is 0. The Balaban J connectivity index is 1.35. The molecule has 1 aliphatic heterocycles. The smallest absolute Gasteiger partial charge is 0.321 e. The average molecular weight is 450 g/mol. The maximum absolute atomic E-state index is 12.3. The summed E-state index contributed by atoms with van der Waals surface area (Å²) in [5.41, 5.74) is 0. The monoisotopic (exact) mass is 449 g/mol. The number of nitrogens with one attached hydrogen (secondary N) is 2. The number of hydrogen-bond donors (Lipinski definition) is 2. The lowest BCUT2D eigenvalue weighted by Gasteiger charge is -2.22. The van der Waals surface area contributed by atoms with Crippen LogP contribution in [0.4, 0.5) is 4.79 Å². The average Bonchev–Trinajstić information content (AvgIpc) is 3.50. The van der Waals surface area contributed by atoms with Crippen LogP contribution in [0.3, 0.4) is 0 Å². The van der Waals surface area contributed by atoms with Gasteiger partial charge in [0.25, 0.3) is 0 Å². The van der Waals surface area contributed by atoms with Gasteiger partial charge < -0.3 is 10.1 Å². The molecule has 4 rings (SSSR count). The fourth-order valence-corrected chi connectivity index (χ4v) is 5.37. The standard InChI is InChI=1S/C20H27N5O3S2/c26-17(22-19(27)21-14-6-2-1-3-7-14)13-30-20-24-23-18(16-9-5-11-29-16)25(20)12-15-8-4-10-28-15/h5,9,11,14-15H,1-4,6-8,10,12-13H2,(H2,21,22,26,27). The summed E-state index contributed by atoms with van der Waals surface area (Å²) in [6, 6.07) is 3.75. The van der Waals surface area contributed by atoms with Crippen LogP contribution in [-0.2, 0) is 16.1 Å². The summed E-state index contributed by atoms with van der Waals surface area (Å²) >= 11 is 2.90. The third kappa shape index (κ3) is 5.61. The number of thioether (sulfide) groups is 1. The number of urea groups is 1. The minimum absolute atomic E-state index is 0.103. The van der Waals surface area contributed by atoms with Crippen molar-refractivity contribution in [2.75, 3.05) is 12.4 Å². The predicted octanol–water partition coefficient (Wildman–Crippen LogP) is 3.44. The number of thiophene rings is 1. The number of rotatable bonds is 7. The molecule has 2 aromatic heterocycles. The lowest BCUT2D eigenvalue weighted by molar-refractivity contribution is -0.117. The second kappa shape index (κ2) is 10.4. The van der Waals surface area contributed by atoms with E-state index in [0.29, 0.717) is 11.7 Å². The summed E-state index contributed by atoms with van der Waals surface area (Å²) in [6.07, 6.45) is 7.63. The Morgan fingerprint density at radius 1 is 1.20 bits per heavy atom. The highest BCUT2D eigenvalue weighted by Gasteiger charge is 2.23. The Bertz CT molecular complexity index is 843. The van der Waals surface area contributed by atoms with Crippen LogP contribution in [0.1, 0.15) is 44.9 Å². The number of nitrogens with zero attached hydrogens (tertiary/aromatic N) is 3. The van der Waals surface area contributed by atoms with Crippen LogP contribution in [-0.4, -0.2) is 51.2 Å². The molecule has 0 spiro atoms. The zero-order valence-corrected chi connectivity index (χ0v) is 18.5. The lowest BCUT2D eigenvalue weighted by atomic mass is 9.96. The van der Waals surface area contributed by atoms with E-state index in [1.54, 1.807) is 11.3 Å². The molecule has 1 aliphatic carbocycles. The summed E-state index contributed by atoms with van der Waals surface area (Å²) < 4.78 is 7.82. The van der Waals surface area contributed by atoms with E-state index in [-0.39, 0.29) is 23.8 Å². The maximum Gasteiger partial charge on any atom is 0.321 e. The zero-order chi connectivity index (χ0) is 20.8. The third-order valence-electron chi connectivity index (χ3n) is 5.39. The molecule has 0 aromatic carbocycles. The van der Waals surface area contributed by atoms with E-state index < -0.39 is 6.03 Å². The Kier molecular flexibility index (Phi) is 7.40. The molecule has 10 heteroatoms. The van der Waals surface area contributed by atoms with E-state index in [9.17, 15) is 9.59 Å². The fourth-order valence-electron chi connectivity index (χ4n) is 3.90. The van der Waals surface area contributed by atoms with Crippen LogP contribution in [0, 0.1) is 0 Å². The molecule has 3 amide bonds. The lowest BCUT2D eigenvalue weighted by Crippen LogP contribution is -2.45. The van der Waals surface area contributed by atoms with Crippen molar-refractivity contribution < 1.29 is 14.3 Å². The van der Waals surface area contributed by atoms with Crippen molar-refractivity contribution in [2.45, 2.75) is 68.8 Å². The molecule has 2 aromatic rings. The molecule has 3 heterocycles. The van der Waals surface area contributed by atoms with E-state index in [0.717, 1.165) is 55.8 Å². The van der Waals surface area contributed by atoms with E-state index in [2.05, 4.69) is 20.8 Å². The molecule has 162 valence electrons. The molecule has 8 nitrogen and oxygen atoms in total. The molecule has 1 saturated heterocycles. The first-order valence-corrected chi connectivity index (χ1v) is 12.4. The topological polar surface area (TPSA) is 98.1 Å². The Morgan fingerprint density at radius 2 is 2.07 bits per heavy atom. The van der Waals surface area contributed by atoms with Gasteiger partial charge in [-0.15, -0.1) is 21.5 Å². The van der Waals surface area contributed by atoms with Gasteiger partial charge in [-0.1, -0.05) is 37.1 Å². The first-order valence-electron chi connectivity index (χ1n) is 10.5. The zero-order valence-electron chi connectivity index (χ0n) is 16.8. The molecule has 2 fully saturated rings. The highest BCUT2D eigenvalue weighted by molar-refractivity contribution is 7.99. The van der Waals surface area contributed by atoms with Gasteiger partial charge in [-0.3, -0.25) is 14.7 Å². The fraction of sp³-hybridized carbons (Fsp3) is 0.600. The Morgan fingerprint density at radius 3 is 2.80 bits per heavy atom. The summed E-state index contributed by atoms with van der Waals surface area (Å²) in [4.78, 5) is 25.4. The number of imide groups is 1. The van der Waals surface area contributed by atoms with Crippen LogP contribution >= 0.6 is 23.1 Å². The summed E-state index contributed by atoms with van der Waals surface area (Å²) in [5, 5.41) is 16.7. The molecule has 1 unspecified atom stereocenters. The van der Waals surface area contributed by atoms with E-state index in [4.69, 9.17) is 4.74 Å². The largest absolute Gasteiger partial charge is 0.376 e. The normalized spacial score (nSPS) is 19.7. The van der Waals surface area contributed by atoms with Gasteiger partial charge in [-0.2, -0.15) is 0 Å². The van der Waals surface area contributed by atoms with Gasteiger partial charge in [0, 0.05) is 12.6 Å². The van der Waals surface area contributed by atoms with Gasteiger partial charge in [0.15, 0.2) is 11.0 Å². The summed E-state index contributed by atoms with van der Waals surface area (Å²) in [6.45, 7) is 1.44. The van der Waals surface area contributed by atoms with Crippen LogP contribution in [0.15, 0.2) is 22.7 Å². The Labute approximate surface area is 184 Å². The maximum atomic E-state index is 12.3. The highest BCUT2D eigenvalue weighted by Crippen LogP contribution is 2.29. The van der Waals surface area contributed by atoms with Crippen molar-refractivity contribution in [1.82, 2.24) is 25.4 Å². The van der Waals surface area contributed by atoms with Gasteiger partial charge >= 0.3 is 6.03 Å². The predicted molar refractivity (Wildman–Crippen MR) is 117 cm³/mol. The van der Waals surface area contributed by atoms with Crippen LogP contribution in [0.25, 0.3) is 10.7 Å². The number of carbonyl (C=O) groups is 2. The number of carbonyl (C=O) groups excluding carboxylic acids is 2. The second-order valence-corrected chi connectivity index (χ2v) is 9.56. The SMILES string of the molecule is O=C(CSc1nnc(-c2cccs2)n1CC1CCCO1)NC(=O)NC1CCCCC1.